The highest BCUT2D eigenvalue weighted by atomic mass is 16.2. The molecule has 0 atom stereocenters. The molecule has 0 aliphatic heterocycles. The number of aromatic nitrogens is 2. The van der Waals surface area contributed by atoms with Crippen molar-refractivity contribution in [3.8, 4) is 6.07 Å². The van der Waals surface area contributed by atoms with Gasteiger partial charge < -0.3 is 11.1 Å². The number of nitriles is 1. The maximum atomic E-state index is 11.2. The van der Waals surface area contributed by atoms with Gasteiger partial charge in [-0.25, -0.2) is 0 Å². The zero-order chi connectivity index (χ0) is 10.4. The van der Waals surface area contributed by atoms with E-state index in [1.165, 1.54) is 4.68 Å². The van der Waals surface area contributed by atoms with Crippen molar-refractivity contribution < 1.29 is 4.79 Å². The first-order valence-electron chi connectivity index (χ1n) is 4.15. The van der Waals surface area contributed by atoms with Crippen LogP contribution in [0.15, 0.2) is 12.3 Å². The van der Waals surface area contributed by atoms with Gasteiger partial charge in [-0.15, -0.1) is 0 Å². The van der Waals surface area contributed by atoms with Crippen molar-refractivity contribution in [1.29, 1.82) is 5.26 Å². The monoisotopic (exact) mass is 193 g/mol. The fourth-order valence-corrected chi connectivity index (χ4v) is 0.926. The van der Waals surface area contributed by atoms with E-state index in [1.807, 2.05) is 6.07 Å². The molecular weight excluding hydrogens is 182 g/mol. The molecule has 0 saturated heterocycles. The van der Waals surface area contributed by atoms with Crippen molar-refractivity contribution in [2.45, 2.75) is 13.0 Å². The fourth-order valence-electron chi connectivity index (χ4n) is 0.926. The van der Waals surface area contributed by atoms with Gasteiger partial charge in [-0.3, -0.25) is 9.48 Å². The number of amides is 1. The lowest BCUT2D eigenvalue weighted by molar-refractivity contribution is -0.121. The van der Waals surface area contributed by atoms with Crippen LogP contribution in [0.5, 0.6) is 0 Å². The third kappa shape index (κ3) is 3.15. The van der Waals surface area contributed by atoms with Gasteiger partial charge in [0.05, 0.1) is 12.5 Å². The third-order valence-electron chi connectivity index (χ3n) is 1.53. The van der Waals surface area contributed by atoms with Crippen molar-refractivity contribution in [2.75, 3.05) is 12.3 Å². The molecule has 0 saturated carbocycles. The van der Waals surface area contributed by atoms with Crippen LogP contribution in [-0.2, 0) is 11.3 Å². The third-order valence-corrected chi connectivity index (χ3v) is 1.53. The predicted octanol–water partition coefficient (Wildman–Crippen LogP) is -0.505. The van der Waals surface area contributed by atoms with Gasteiger partial charge >= 0.3 is 0 Å². The lowest BCUT2D eigenvalue weighted by atomic mass is 10.4. The number of anilines is 1. The second-order valence-corrected chi connectivity index (χ2v) is 2.70. The Labute approximate surface area is 81.3 Å². The molecule has 1 aromatic heterocycles. The number of rotatable bonds is 4. The number of hydrogen-bond donors (Lipinski definition) is 2. The Hall–Kier alpha value is -2.03. The molecule has 1 rings (SSSR count). The van der Waals surface area contributed by atoms with Crippen LogP contribution in [0.25, 0.3) is 0 Å². The summed E-state index contributed by atoms with van der Waals surface area (Å²) in [7, 11) is 0. The molecule has 6 heteroatoms. The predicted molar refractivity (Wildman–Crippen MR) is 49.9 cm³/mol. The van der Waals surface area contributed by atoms with E-state index in [1.54, 1.807) is 12.3 Å². The van der Waals surface area contributed by atoms with Crippen LogP contribution >= 0.6 is 0 Å². The molecule has 0 unspecified atom stereocenters. The van der Waals surface area contributed by atoms with Gasteiger partial charge in [0.1, 0.15) is 12.4 Å². The lowest BCUT2D eigenvalue weighted by Gasteiger charge is -2.02. The van der Waals surface area contributed by atoms with Crippen molar-refractivity contribution in [3.63, 3.8) is 0 Å². The van der Waals surface area contributed by atoms with Gasteiger partial charge in [0.15, 0.2) is 0 Å². The summed E-state index contributed by atoms with van der Waals surface area (Å²) in [5, 5.41) is 14.7. The summed E-state index contributed by atoms with van der Waals surface area (Å²) < 4.78 is 1.44. The van der Waals surface area contributed by atoms with E-state index in [9.17, 15) is 4.79 Å². The van der Waals surface area contributed by atoms with Crippen molar-refractivity contribution in [1.82, 2.24) is 15.1 Å². The minimum Gasteiger partial charge on any atom is -0.382 e. The summed E-state index contributed by atoms with van der Waals surface area (Å²) in [5.41, 5.74) is 5.37. The molecule has 0 bridgehead atoms. The zero-order valence-corrected chi connectivity index (χ0v) is 7.60. The van der Waals surface area contributed by atoms with E-state index in [4.69, 9.17) is 11.0 Å². The van der Waals surface area contributed by atoms with E-state index in [-0.39, 0.29) is 12.5 Å². The molecule has 14 heavy (non-hydrogen) atoms. The second-order valence-electron chi connectivity index (χ2n) is 2.70. The summed E-state index contributed by atoms with van der Waals surface area (Å²) in [6.45, 7) is 0.495. The van der Waals surface area contributed by atoms with Crippen LogP contribution in [0.4, 0.5) is 5.82 Å². The largest absolute Gasteiger partial charge is 0.382 e. The Morgan fingerprint density at radius 3 is 3.14 bits per heavy atom. The molecular formula is C8H11N5O. The minimum atomic E-state index is -0.177. The Morgan fingerprint density at radius 1 is 1.79 bits per heavy atom. The highest BCUT2D eigenvalue weighted by molar-refractivity contribution is 5.75. The Bertz CT molecular complexity index is 351. The molecule has 0 aliphatic rings. The molecule has 74 valence electrons. The molecule has 6 nitrogen and oxygen atoms in total. The average Bonchev–Trinajstić information content (AvgIpc) is 2.52. The van der Waals surface area contributed by atoms with Crippen molar-refractivity contribution in [2.24, 2.45) is 0 Å². The smallest absolute Gasteiger partial charge is 0.241 e. The first kappa shape index (κ1) is 10.1. The van der Waals surface area contributed by atoms with Crippen LogP contribution in [0.3, 0.4) is 0 Å². The summed E-state index contributed by atoms with van der Waals surface area (Å²) in [6.07, 6.45) is 1.94. The zero-order valence-electron chi connectivity index (χ0n) is 7.60. The summed E-state index contributed by atoms with van der Waals surface area (Å²) >= 11 is 0. The molecule has 1 aromatic rings. The molecule has 3 N–H and O–H groups in total. The van der Waals surface area contributed by atoms with Gasteiger partial charge in [0, 0.05) is 12.7 Å². The van der Waals surface area contributed by atoms with Crippen LogP contribution < -0.4 is 11.1 Å². The van der Waals surface area contributed by atoms with Crippen LogP contribution in [0, 0.1) is 11.3 Å². The van der Waals surface area contributed by atoms with Gasteiger partial charge in [-0.1, -0.05) is 0 Å². The van der Waals surface area contributed by atoms with Crippen LogP contribution in [-0.4, -0.2) is 22.2 Å². The lowest BCUT2D eigenvalue weighted by Crippen LogP contribution is -2.28. The average molecular weight is 193 g/mol. The Kier molecular flexibility index (Phi) is 3.49. The Morgan fingerprint density at radius 2 is 2.57 bits per heavy atom. The number of nitrogens with two attached hydrogens (primary N) is 1. The molecule has 0 radical (unpaired) electrons. The van der Waals surface area contributed by atoms with Crippen molar-refractivity contribution in [3.05, 3.63) is 12.3 Å². The minimum absolute atomic E-state index is 0.128. The summed E-state index contributed by atoms with van der Waals surface area (Å²) in [6, 6.07) is 3.55. The molecule has 0 aliphatic carbocycles. The number of carbonyl (C=O) groups excluding carboxylic acids is 1. The second kappa shape index (κ2) is 4.87. The van der Waals surface area contributed by atoms with Gasteiger partial charge in [-0.05, 0) is 6.07 Å². The maximum Gasteiger partial charge on any atom is 0.241 e. The number of nitrogens with zero attached hydrogens (tertiary/aromatic N) is 3. The maximum absolute atomic E-state index is 11.2. The molecule has 0 spiro atoms. The standard InChI is InChI=1S/C8H11N5O/c9-3-1-4-11-8(14)6-13-5-2-7(10)12-13/h2,5H,1,4,6H2,(H2,10,12)(H,11,14). The van der Waals surface area contributed by atoms with Crippen molar-refractivity contribution >= 4 is 11.7 Å². The Balaban J connectivity index is 2.31. The van der Waals surface area contributed by atoms with E-state index >= 15 is 0 Å². The summed E-state index contributed by atoms with van der Waals surface area (Å²) in [5.74, 6) is 0.207. The summed E-state index contributed by atoms with van der Waals surface area (Å²) in [4.78, 5) is 11.2. The highest BCUT2D eigenvalue weighted by Gasteiger charge is 2.02. The van der Waals surface area contributed by atoms with Crippen LogP contribution in [0.1, 0.15) is 6.42 Å². The number of hydrogen-bond acceptors (Lipinski definition) is 4. The SMILES string of the molecule is N#CCCNC(=O)Cn1ccc(N)n1. The first-order valence-corrected chi connectivity index (χ1v) is 4.15. The number of nitrogen functional groups attached to an aromatic ring is 1. The van der Waals surface area contributed by atoms with Crippen LogP contribution in [0.2, 0.25) is 0 Å². The van der Waals surface area contributed by atoms with E-state index in [2.05, 4.69) is 10.4 Å². The highest BCUT2D eigenvalue weighted by Crippen LogP contribution is 1.94. The molecule has 0 aromatic carbocycles. The molecule has 1 heterocycles. The van der Waals surface area contributed by atoms with Gasteiger partial charge in [0.25, 0.3) is 0 Å². The normalized spacial score (nSPS) is 9.36. The van der Waals surface area contributed by atoms with E-state index < -0.39 is 0 Å². The number of nitrogens with one attached hydrogen (secondary N) is 1. The van der Waals surface area contributed by atoms with E-state index in [0.29, 0.717) is 18.8 Å². The van der Waals surface area contributed by atoms with Gasteiger partial charge in [-0.2, -0.15) is 10.4 Å². The number of carbonyl (C=O) groups is 1. The molecule has 1 amide bonds. The first-order chi connectivity index (χ1) is 6.72. The fraction of sp³-hybridized carbons (Fsp3) is 0.375. The topological polar surface area (TPSA) is 96.7 Å². The van der Waals surface area contributed by atoms with Gasteiger partial charge in [0.2, 0.25) is 5.91 Å². The van der Waals surface area contributed by atoms with E-state index in [0.717, 1.165) is 0 Å². The quantitative estimate of drug-likeness (QED) is 0.629. The molecule has 0 fully saturated rings.